The average molecular weight is 311 g/mol. The molecular formula is C15H25N3O2S. The molecule has 0 aliphatic carbocycles. The lowest BCUT2D eigenvalue weighted by Gasteiger charge is -2.22. The molecule has 2 heterocycles. The second-order valence-electron chi connectivity index (χ2n) is 5.89. The molecule has 1 fully saturated rings. The minimum atomic E-state index is -0.0476. The van der Waals surface area contributed by atoms with Crippen LogP contribution in [0.15, 0.2) is 5.38 Å². The molecule has 0 saturated carbocycles. The zero-order valence-corrected chi connectivity index (χ0v) is 14.3. The van der Waals surface area contributed by atoms with Crippen molar-refractivity contribution in [1.29, 1.82) is 0 Å². The van der Waals surface area contributed by atoms with E-state index in [0.29, 0.717) is 24.3 Å². The Morgan fingerprint density at radius 2 is 2.29 bits per heavy atom. The number of amides is 1. The molecule has 1 saturated heterocycles. The van der Waals surface area contributed by atoms with Crippen molar-refractivity contribution < 1.29 is 9.53 Å². The first-order chi connectivity index (χ1) is 9.93. The Hall–Kier alpha value is -0.980. The van der Waals surface area contributed by atoms with E-state index in [1.165, 1.54) is 11.3 Å². The number of ether oxygens (including phenoxy) is 1. The molecule has 0 bridgehead atoms. The fourth-order valence-corrected chi connectivity index (χ4v) is 3.64. The number of likely N-dealkylation sites (N-methyl/N-ethyl adjacent to an activating group) is 1. The number of carbonyl (C=O) groups excluding carboxylic acids is 1. The maximum absolute atomic E-state index is 12.6. The second-order valence-corrected chi connectivity index (χ2v) is 6.78. The number of carbonyl (C=O) groups is 1. The number of nitrogens with zero attached hydrogens (tertiary/aromatic N) is 3. The summed E-state index contributed by atoms with van der Waals surface area (Å²) < 4.78 is 5.53. The number of likely N-dealkylation sites (tertiary alicyclic amines) is 1. The summed E-state index contributed by atoms with van der Waals surface area (Å²) in [4.78, 5) is 21.1. The second kappa shape index (κ2) is 6.85. The number of hydrogen-bond acceptors (Lipinski definition) is 5. The molecule has 1 aromatic heterocycles. The fraction of sp³-hybridized carbons (Fsp3) is 0.733. The summed E-state index contributed by atoms with van der Waals surface area (Å²) in [6.45, 7) is 8.36. The van der Waals surface area contributed by atoms with Crippen LogP contribution in [0.1, 0.15) is 42.4 Å². The highest BCUT2D eigenvalue weighted by Crippen LogP contribution is 2.25. The topological polar surface area (TPSA) is 45.7 Å². The van der Waals surface area contributed by atoms with Gasteiger partial charge in [-0.3, -0.25) is 4.79 Å². The Bertz CT molecular complexity index is 489. The third-order valence-corrected chi connectivity index (χ3v) is 5.03. The highest BCUT2D eigenvalue weighted by molar-refractivity contribution is 7.09. The van der Waals surface area contributed by atoms with Crippen LogP contribution in [-0.4, -0.2) is 60.5 Å². The van der Waals surface area contributed by atoms with Crippen LogP contribution in [0.5, 0.6) is 0 Å². The molecule has 0 unspecified atom stereocenters. The van der Waals surface area contributed by atoms with Crippen LogP contribution in [0.4, 0.5) is 0 Å². The molecule has 0 radical (unpaired) electrons. The summed E-state index contributed by atoms with van der Waals surface area (Å²) in [5.74, 6) is 0.529. The lowest BCUT2D eigenvalue weighted by molar-refractivity contribution is 0.0743. The minimum Gasteiger partial charge on any atom is -0.372 e. The summed E-state index contributed by atoms with van der Waals surface area (Å²) >= 11 is 1.50. The standard InChI is InChI=1S/C15H25N3O2S/c1-6-20-11(3)14-16-12(9-21-14)15(19)18-7-10(2)13(8-18)17(4)5/h9-11,13H,6-8H2,1-5H3/t10-,11-,13-/m1/s1. The third kappa shape index (κ3) is 3.62. The van der Waals surface area contributed by atoms with Crippen molar-refractivity contribution in [1.82, 2.24) is 14.8 Å². The van der Waals surface area contributed by atoms with Crippen molar-refractivity contribution >= 4 is 17.2 Å². The Kier molecular flexibility index (Phi) is 5.35. The van der Waals surface area contributed by atoms with Crippen molar-refractivity contribution in [2.75, 3.05) is 33.8 Å². The number of rotatable bonds is 5. The first-order valence-corrected chi connectivity index (χ1v) is 8.34. The highest BCUT2D eigenvalue weighted by atomic mass is 32.1. The maximum Gasteiger partial charge on any atom is 0.273 e. The van der Waals surface area contributed by atoms with Gasteiger partial charge in [-0.05, 0) is 33.9 Å². The predicted octanol–water partition coefficient (Wildman–Crippen LogP) is 2.26. The van der Waals surface area contributed by atoms with E-state index in [0.717, 1.165) is 18.1 Å². The molecule has 1 aromatic rings. The molecule has 118 valence electrons. The highest BCUT2D eigenvalue weighted by Gasteiger charge is 2.34. The number of thiazole rings is 1. The van der Waals surface area contributed by atoms with Crippen molar-refractivity contribution in [3.05, 3.63) is 16.1 Å². The lowest BCUT2D eigenvalue weighted by Crippen LogP contribution is -2.35. The Morgan fingerprint density at radius 3 is 2.86 bits per heavy atom. The first kappa shape index (κ1) is 16.4. The summed E-state index contributed by atoms with van der Waals surface area (Å²) in [7, 11) is 4.14. The van der Waals surface area contributed by atoms with E-state index in [1.54, 1.807) is 0 Å². The Labute approximate surface area is 130 Å². The summed E-state index contributed by atoms with van der Waals surface area (Å²) in [5.41, 5.74) is 0.549. The molecular weight excluding hydrogens is 286 g/mol. The molecule has 5 nitrogen and oxygen atoms in total. The van der Waals surface area contributed by atoms with E-state index in [4.69, 9.17) is 4.74 Å². The van der Waals surface area contributed by atoms with Gasteiger partial charge in [-0.25, -0.2) is 4.98 Å². The predicted molar refractivity (Wildman–Crippen MR) is 84.7 cm³/mol. The molecule has 0 aromatic carbocycles. The maximum atomic E-state index is 12.6. The van der Waals surface area contributed by atoms with E-state index >= 15 is 0 Å². The average Bonchev–Trinajstić information content (AvgIpc) is 3.04. The van der Waals surface area contributed by atoms with E-state index in [2.05, 4.69) is 30.9 Å². The van der Waals surface area contributed by atoms with E-state index in [-0.39, 0.29) is 12.0 Å². The SMILES string of the molecule is CCO[C@H](C)c1nc(C(=O)N2C[C@@H](C)[C@H](N(C)C)C2)cs1. The van der Waals surface area contributed by atoms with Crippen molar-refractivity contribution in [3.8, 4) is 0 Å². The van der Waals surface area contributed by atoms with Gasteiger partial charge in [0.05, 0.1) is 0 Å². The van der Waals surface area contributed by atoms with Gasteiger partial charge in [0.25, 0.3) is 5.91 Å². The van der Waals surface area contributed by atoms with Gasteiger partial charge < -0.3 is 14.5 Å². The van der Waals surface area contributed by atoms with Crippen molar-refractivity contribution in [2.24, 2.45) is 5.92 Å². The van der Waals surface area contributed by atoms with Gasteiger partial charge >= 0.3 is 0 Å². The summed E-state index contributed by atoms with van der Waals surface area (Å²) in [6, 6.07) is 0.425. The fourth-order valence-electron chi connectivity index (χ4n) is 2.84. The molecule has 6 heteroatoms. The zero-order chi connectivity index (χ0) is 15.6. The van der Waals surface area contributed by atoms with Gasteiger partial charge in [0.15, 0.2) is 0 Å². The van der Waals surface area contributed by atoms with Gasteiger partial charge in [0.2, 0.25) is 0 Å². The molecule has 1 amide bonds. The smallest absolute Gasteiger partial charge is 0.273 e. The lowest BCUT2D eigenvalue weighted by atomic mass is 10.1. The largest absolute Gasteiger partial charge is 0.372 e. The van der Waals surface area contributed by atoms with E-state index < -0.39 is 0 Å². The molecule has 1 aliphatic heterocycles. The van der Waals surface area contributed by atoms with Crippen LogP contribution in [0.2, 0.25) is 0 Å². The summed E-state index contributed by atoms with van der Waals surface area (Å²) in [6.07, 6.45) is -0.0476. The number of aromatic nitrogens is 1. The minimum absolute atomic E-state index is 0.0393. The van der Waals surface area contributed by atoms with E-state index in [1.807, 2.05) is 24.1 Å². The first-order valence-electron chi connectivity index (χ1n) is 7.46. The van der Waals surface area contributed by atoms with Crippen LogP contribution in [0.25, 0.3) is 0 Å². The number of hydrogen-bond donors (Lipinski definition) is 0. The molecule has 0 N–H and O–H groups in total. The molecule has 1 aliphatic rings. The van der Waals surface area contributed by atoms with Crippen LogP contribution < -0.4 is 0 Å². The molecule has 0 spiro atoms. The van der Waals surface area contributed by atoms with E-state index in [9.17, 15) is 4.79 Å². The van der Waals surface area contributed by atoms with Crippen LogP contribution in [-0.2, 0) is 4.74 Å². The van der Waals surface area contributed by atoms with Crippen molar-refractivity contribution in [3.63, 3.8) is 0 Å². The zero-order valence-electron chi connectivity index (χ0n) is 13.5. The monoisotopic (exact) mass is 311 g/mol. The third-order valence-electron chi connectivity index (χ3n) is 4.03. The van der Waals surface area contributed by atoms with Gasteiger partial charge in [-0.15, -0.1) is 11.3 Å². The Balaban J connectivity index is 2.04. The van der Waals surface area contributed by atoms with Gasteiger partial charge in [0.1, 0.15) is 16.8 Å². The summed E-state index contributed by atoms with van der Waals surface area (Å²) in [5, 5.41) is 2.72. The van der Waals surface area contributed by atoms with Gasteiger partial charge in [-0.2, -0.15) is 0 Å². The molecule has 21 heavy (non-hydrogen) atoms. The molecule has 3 atom stereocenters. The van der Waals surface area contributed by atoms with Gasteiger partial charge in [-0.1, -0.05) is 6.92 Å². The van der Waals surface area contributed by atoms with Gasteiger partial charge in [0, 0.05) is 31.1 Å². The van der Waals surface area contributed by atoms with Crippen LogP contribution >= 0.6 is 11.3 Å². The van der Waals surface area contributed by atoms with Crippen LogP contribution in [0, 0.1) is 5.92 Å². The quantitative estimate of drug-likeness (QED) is 0.837. The van der Waals surface area contributed by atoms with Crippen LogP contribution in [0.3, 0.4) is 0 Å². The van der Waals surface area contributed by atoms with Crippen molar-refractivity contribution in [2.45, 2.75) is 32.9 Å². The molecule has 2 rings (SSSR count). The Morgan fingerprint density at radius 1 is 1.57 bits per heavy atom. The normalized spacial score (nSPS) is 23.8.